The van der Waals surface area contributed by atoms with Crippen molar-refractivity contribution in [1.29, 1.82) is 0 Å². The van der Waals surface area contributed by atoms with Crippen molar-refractivity contribution in [3.8, 4) is 0 Å². The van der Waals surface area contributed by atoms with Gasteiger partial charge in [0.05, 0.1) is 33.8 Å². The number of hydrogen-bond acceptors (Lipinski definition) is 6. The summed E-state index contributed by atoms with van der Waals surface area (Å²) in [7, 11) is 1.49. The average Bonchev–Trinajstić information content (AvgIpc) is 3.38. The Balaban J connectivity index is 4.99. The van der Waals surface area contributed by atoms with E-state index in [1.165, 1.54) is 167 Å². The van der Waals surface area contributed by atoms with Gasteiger partial charge in [-0.05, 0) is 89.5 Å². The smallest absolute Gasteiger partial charge is 0.456 e. The predicted octanol–water partition coefficient (Wildman–Crippen LogP) is 19.8. The second kappa shape index (κ2) is 56.0. The van der Waals surface area contributed by atoms with Crippen LogP contribution in [0.1, 0.15) is 297 Å². The van der Waals surface area contributed by atoms with Gasteiger partial charge < -0.3 is 19.4 Å². The zero-order valence-corrected chi connectivity index (χ0v) is 51.6. The van der Waals surface area contributed by atoms with E-state index < -0.39 is 20.0 Å². The molecular formula is C66H124N2O7P+. The summed E-state index contributed by atoms with van der Waals surface area (Å²) in [4.78, 5) is 37.6. The lowest BCUT2D eigenvalue weighted by molar-refractivity contribution is -0.870. The number of nitrogens with zero attached hydrogens (tertiary/aromatic N) is 1. The minimum atomic E-state index is -4.45. The van der Waals surface area contributed by atoms with E-state index in [2.05, 4.69) is 74.7 Å². The van der Waals surface area contributed by atoms with Gasteiger partial charge in [0.2, 0.25) is 5.91 Å². The molecule has 0 aromatic heterocycles. The first-order valence-corrected chi connectivity index (χ1v) is 33.6. The summed E-state index contributed by atoms with van der Waals surface area (Å²) in [6.07, 6.45) is 70.9. The Morgan fingerprint density at radius 3 is 1.28 bits per heavy atom. The molecule has 3 unspecified atom stereocenters. The molecule has 0 radical (unpaired) electrons. The molecule has 76 heavy (non-hydrogen) atoms. The highest BCUT2D eigenvalue weighted by atomic mass is 31.2. The molecule has 444 valence electrons. The fourth-order valence-electron chi connectivity index (χ4n) is 9.16. The van der Waals surface area contributed by atoms with Gasteiger partial charge in [-0.1, -0.05) is 255 Å². The lowest BCUT2D eigenvalue weighted by Gasteiger charge is -2.27. The maximum Gasteiger partial charge on any atom is 0.472 e. The average molecular weight is 1090 g/mol. The van der Waals surface area contributed by atoms with Crippen LogP contribution in [-0.2, 0) is 27.9 Å². The van der Waals surface area contributed by atoms with Crippen molar-refractivity contribution >= 4 is 19.7 Å². The van der Waals surface area contributed by atoms with E-state index in [9.17, 15) is 19.0 Å². The molecule has 0 aliphatic rings. The molecule has 0 aromatic rings. The number of allylic oxidation sites excluding steroid dienone is 9. The molecule has 2 N–H and O–H groups in total. The Hall–Kier alpha value is -2.29. The summed E-state index contributed by atoms with van der Waals surface area (Å²) in [6.45, 7) is 6.95. The normalized spacial score (nSPS) is 14.0. The van der Waals surface area contributed by atoms with Gasteiger partial charge in [0.1, 0.15) is 19.3 Å². The monoisotopic (exact) mass is 1090 g/mol. The van der Waals surface area contributed by atoms with E-state index in [1.807, 2.05) is 33.3 Å². The second-order valence-corrected chi connectivity index (χ2v) is 24.4. The molecule has 0 aliphatic heterocycles. The van der Waals surface area contributed by atoms with Crippen molar-refractivity contribution in [2.45, 2.75) is 309 Å². The third-order valence-electron chi connectivity index (χ3n) is 14.2. The lowest BCUT2D eigenvalue weighted by atomic mass is 10.0. The third kappa shape index (κ3) is 56.4. The number of carbonyl (C=O) groups is 2. The van der Waals surface area contributed by atoms with Crippen LogP contribution in [0.3, 0.4) is 0 Å². The number of amides is 1. The van der Waals surface area contributed by atoms with E-state index in [0.717, 1.165) is 96.3 Å². The van der Waals surface area contributed by atoms with Gasteiger partial charge in [-0.25, -0.2) is 4.57 Å². The number of unbranched alkanes of at least 4 members (excludes halogenated alkanes) is 34. The quantitative estimate of drug-likeness (QED) is 0.0205. The Bertz CT molecular complexity index is 1490. The minimum absolute atomic E-state index is 0.0384. The molecule has 0 aliphatic carbocycles. The van der Waals surface area contributed by atoms with Crippen LogP contribution in [0, 0.1) is 0 Å². The lowest BCUT2D eigenvalue weighted by Crippen LogP contribution is -2.47. The van der Waals surface area contributed by atoms with E-state index in [0.29, 0.717) is 17.4 Å². The maximum absolute atomic E-state index is 13.5. The number of quaternary nitrogens is 1. The van der Waals surface area contributed by atoms with Crippen LogP contribution in [-0.4, -0.2) is 74.3 Å². The van der Waals surface area contributed by atoms with Crippen molar-refractivity contribution < 1.29 is 37.3 Å². The van der Waals surface area contributed by atoms with Gasteiger partial charge in [0, 0.05) is 12.8 Å². The van der Waals surface area contributed by atoms with Crippen LogP contribution in [0.25, 0.3) is 0 Å². The maximum atomic E-state index is 13.5. The van der Waals surface area contributed by atoms with E-state index in [-0.39, 0.29) is 31.5 Å². The Morgan fingerprint density at radius 1 is 0.461 bits per heavy atom. The number of hydrogen-bond donors (Lipinski definition) is 2. The molecular weight excluding hydrogens is 964 g/mol. The SMILES string of the molecule is CCCC/C=C\CCCCCCCC(=O)NC(COP(=O)(O)OCC[N+](C)(C)C)C(/C=C\CCCCCCCCCCCC)OC(=O)CCCCCCCCCCCCCCCC/C=C\C/C=C\C/C=C\CCCCC. The molecule has 9 nitrogen and oxygen atoms in total. The molecule has 0 heterocycles. The number of phosphoric ester groups is 1. The van der Waals surface area contributed by atoms with Crippen molar-refractivity contribution in [3.63, 3.8) is 0 Å². The molecule has 0 fully saturated rings. The van der Waals surface area contributed by atoms with Crippen LogP contribution >= 0.6 is 7.82 Å². The topological polar surface area (TPSA) is 111 Å². The molecule has 1 amide bonds. The Labute approximate surface area is 471 Å². The van der Waals surface area contributed by atoms with Crippen molar-refractivity contribution in [2.24, 2.45) is 0 Å². The molecule has 0 bridgehead atoms. The summed E-state index contributed by atoms with van der Waals surface area (Å²) < 4.78 is 30.7. The number of carbonyl (C=O) groups excluding carboxylic acids is 2. The summed E-state index contributed by atoms with van der Waals surface area (Å²) in [5.74, 6) is -0.511. The van der Waals surface area contributed by atoms with Crippen LogP contribution in [0.15, 0.2) is 60.8 Å². The standard InChI is InChI=1S/C66H123N2O7P/c1-7-10-13-16-19-22-25-27-28-29-30-31-32-33-34-35-36-37-38-39-40-41-44-47-50-53-56-59-66(70)75-64(57-54-51-48-45-43-26-23-20-17-14-11-8-2)63(62-74-76(71,72)73-61-60-68(4,5)6)67-65(69)58-55-52-49-46-42-24-21-18-15-12-9-3/h18-19,21-22,27-28,30-31,54,57,63-64H,7-17,20,23-26,29,32-53,55-56,58-62H2,1-6H3,(H-,67,69,71,72)/p+1/b21-18-,22-19-,28-27-,31-30-,57-54-. The number of nitrogens with one attached hydrogen (secondary N) is 1. The summed E-state index contributed by atoms with van der Waals surface area (Å²) in [6, 6.07) is -0.851. The fourth-order valence-corrected chi connectivity index (χ4v) is 9.90. The van der Waals surface area contributed by atoms with Crippen LogP contribution in [0.5, 0.6) is 0 Å². The molecule has 0 rings (SSSR count). The highest BCUT2D eigenvalue weighted by molar-refractivity contribution is 7.47. The molecule has 3 atom stereocenters. The van der Waals surface area contributed by atoms with Crippen LogP contribution < -0.4 is 5.32 Å². The minimum Gasteiger partial charge on any atom is -0.456 e. The Kier molecular flexibility index (Phi) is 54.3. The highest BCUT2D eigenvalue weighted by Crippen LogP contribution is 2.43. The molecule has 0 saturated carbocycles. The van der Waals surface area contributed by atoms with Gasteiger partial charge in [0.25, 0.3) is 0 Å². The van der Waals surface area contributed by atoms with E-state index in [1.54, 1.807) is 0 Å². The zero-order valence-electron chi connectivity index (χ0n) is 50.7. The number of esters is 1. The van der Waals surface area contributed by atoms with Crippen LogP contribution in [0.2, 0.25) is 0 Å². The zero-order chi connectivity index (χ0) is 55.7. The summed E-state index contributed by atoms with van der Waals surface area (Å²) in [5.41, 5.74) is 0. The van der Waals surface area contributed by atoms with Crippen LogP contribution in [0.4, 0.5) is 0 Å². The number of likely N-dealkylation sites (N-methyl/N-ethyl adjacent to an activating group) is 1. The Morgan fingerprint density at radius 2 is 0.816 bits per heavy atom. The van der Waals surface area contributed by atoms with E-state index >= 15 is 0 Å². The fraction of sp³-hybridized carbons (Fsp3) is 0.818. The first-order chi connectivity index (χ1) is 36.9. The van der Waals surface area contributed by atoms with Crippen molar-refractivity contribution in [3.05, 3.63) is 60.8 Å². The van der Waals surface area contributed by atoms with E-state index in [4.69, 9.17) is 13.8 Å². The van der Waals surface area contributed by atoms with Gasteiger partial charge in [-0.3, -0.25) is 18.6 Å². The summed E-state index contributed by atoms with van der Waals surface area (Å²) in [5, 5.41) is 3.05. The largest absolute Gasteiger partial charge is 0.472 e. The van der Waals surface area contributed by atoms with Gasteiger partial charge in [-0.15, -0.1) is 0 Å². The van der Waals surface area contributed by atoms with Gasteiger partial charge in [0.15, 0.2) is 0 Å². The second-order valence-electron chi connectivity index (χ2n) is 22.9. The van der Waals surface area contributed by atoms with Crippen molar-refractivity contribution in [1.82, 2.24) is 5.32 Å². The number of rotatable bonds is 58. The molecule has 10 heteroatoms. The first kappa shape index (κ1) is 73.7. The first-order valence-electron chi connectivity index (χ1n) is 32.1. The van der Waals surface area contributed by atoms with Gasteiger partial charge >= 0.3 is 13.8 Å². The van der Waals surface area contributed by atoms with Gasteiger partial charge in [-0.2, -0.15) is 0 Å². The molecule has 0 spiro atoms. The summed E-state index contributed by atoms with van der Waals surface area (Å²) >= 11 is 0. The third-order valence-corrected chi connectivity index (χ3v) is 15.2. The number of phosphoric acid groups is 1. The number of ether oxygens (including phenoxy) is 1. The highest BCUT2D eigenvalue weighted by Gasteiger charge is 2.30. The predicted molar refractivity (Wildman–Crippen MR) is 328 cm³/mol. The molecule has 0 aromatic carbocycles. The van der Waals surface area contributed by atoms with Crippen molar-refractivity contribution in [2.75, 3.05) is 40.9 Å². The molecule has 0 saturated heterocycles.